The minimum absolute atomic E-state index is 0.105. The number of hydrogen-bond acceptors (Lipinski definition) is 2. The third kappa shape index (κ3) is 4.01. The van der Waals surface area contributed by atoms with Crippen molar-refractivity contribution in [3.63, 3.8) is 0 Å². The maximum Gasteiger partial charge on any atom is 0.303 e. The highest BCUT2D eigenvalue weighted by Crippen LogP contribution is 2.55. The maximum absolute atomic E-state index is 11.0. The summed E-state index contributed by atoms with van der Waals surface area (Å²) in [5.74, 6) is -1.60. The van der Waals surface area contributed by atoms with E-state index in [1.54, 1.807) is 0 Å². The lowest BCUT2D eigenvalue weighted by atomic mass is 9.67. The average Bonchev–Trinajstić information content (AvgIpc) is 3.18. The lowest BCUT2D eigenvalue weighted by molar-refractivity contribution is -0.138. The lowest BCUT2D eigenvalue weighted by Gasteiger charge is -2.34. The molecule has 2 N–H and O–H groups in total. The number of aryl methyl sites for hydroxylation is 2. The number of carboxylic acid groups (broad SMARTS) is 2. The fraction of sp³-hybridized carbons (Fsp3) is 0.161. The average molecular weight is 463 g/mol. The summed E-state index contributed by atoms with van der Waals surface area (Å²) in [6, 6.07) is 33.6. The van der Waals surface area contributed by atoms with Crippen LogP contribution in [-0.2, 0) is 27.8 Å². The smallest absolute Gasteiger partial charge is 0.303 e. The van der Waals surface area contributed by atoms with Crippen molar-refractivity contribution in [2.24, 2.45) is 0 Å². The first-order valence-electron chi connectivity index (χ1n) is 11.8. The zero-order valence-corrected chi connectivity index (χ0v) is 19.3. The molecule has 0 aromatic heterocycles. The van der Waals surface area contributed by atoms with E-state index in [2.05, 4.69) is 72.8 Å². The number of carbonyl (C=O) groups is 2. The Labute approximate surface area is 204 Å². The number of hydrogen-bond donors (Lipinski definition) is 2. The van der Waals surface area contributed by atoms with Crippen LogP contribution in [0.3, 0.4) is 0 Å². The van der Waals surface area contributed by atoms with Crippen LogP contribution >= 0.6 is 0 Å². The summed E-state index contributed by atoms with van der Waals surface area (Å²) in [6.45, 7) is 0. The summed E-state index contributed by atoms with van der Waals surface area (Å²) in [5.41, 5.74) is 8.52. The SMILES string of the molecule is O=C(O)CCc1ccc(C2(c3ccc(CCC(=O)O)cc3)c3ccccc3-c3ccccc32)cc1. The highest BCUT2D eigenvalue weighted by Gasteiger charge is 2.45. The molecular formula is C31H26O4. The molecule has 5 rings (SSSR count). The molecule has 0 atom stereocenters. The quantitative estimate of drug-likeness (QED) is 0.293. The monoisotopic (exact) mass is 462 g/mol. The van der Waals surface area contributed by atoms with E-state index in [1.807, 2.05) is 24.3 Å². The molecule has 0 unspecified atom stereocenters. The highest BCUT2D eigenvalue weighted by molar-refractivity contribution is 5.86. The molecular weight excluding hydrogens is 436 g/mol. The number of benzene rings is 4. The Morgan fingerprint density at radius 1 is 0.543 bits per heavy atom. The van der Waals surface area contributed by atoms with Crippen molar-refractivity contribution in [1.29, 1.82) is 0 Å². The summed E-state index contributed by atoms with van der Waals surface area (Å²) in [4.78, 5) is 22.1. The van der Waals surface area contributed by atoms with Crippen LogP contribution in [0.25, 0.3) is 11.1 Å². The van der Waals surface area contributed by atoms with Gasteiger partial charge in [-0.25, -0.2) is 0 Å². The van der Waals surface area contributed by atoms with E-state index >= 15 is 0 Å². The van der Waals surface area contributed by atoms with Crippen molar-refractivity contribution < 1.29 is 19.8 Å². The van der Waals surface area contributed by atoms with E-state index in [-0.39, 0.29) is 12.8 Å². The van der Waals surface area contributed by atoms with Crippen LogP contribution in [0.15, 0.2) is 97.1 Å². The van der Waals surface area contributed by atoms with Crippen LogP contribution in [0.5, 0.6) is 0 Å². The number of fused-ring (bicyclic) bond motifs is 3. The van der Waals surface area contributed by atoms with Crippen molar-refractivity contribution in [3.05, 3.63) is 130 Å². The summed E-state index contributed by atoms with van der Waals surface area (Å²) in [6.07, 6.45) is 1.20. The van der Waals surface area contributed by atoms with Crippen molar-refractivity contribution in [2.45, 2.75) is 31.1 Å². The number of rotatable bonds is 8. The fourth-order valence-corrected chi connectivity index (χ4v) is 5.37. The first-order valence-corrected chi connectivity index (χ1v) is 11.8. The molecule has 0 bridgehead atoms. The molecule has 0 spiro atoms. The molecule has 0 heterocycles. The minimum atomic E-state index is -0.799. The van der Waals surface area contributed by atoms with E-state index in [9.17, 15) is 9.59 Å². The fourth-order valence-electron chi connectivity index (χ4n) is 5.37. The molecule has 174 valence electrons. The van der Waals surface area contributed by atoms with Crippen LogP contribution in [0.2, 0.25) is 0 Å². The van der Waals surface area contributed by atoms with Gasteiger partial charge in [-0.05, 0) is 57.3 Å². The van der Waals surface area contributed by atoms with Gasteiger partial charge in [0, 0.05) is 12.8 Å². The van der Waals surface area contributed by atoms with Gasteiger partial charge >= 0.3 is 11.9 Å². The Morgan fingerprint density at radius 3 is 1.29 bits per heavy atom. The van der Waals surface area contributed by atoms with Crippen LogP contribution in [-0.4, -0.2) is 22.2 Å². The Kier molecular flexibility index (Phi) is 5.96. The second kappa shape index (κ2) is 9.22. The van der Waals surface area contributed by atoms with Crippen molar-refractivity contribution in [2.75, 3.05) is 0 Å². The largest absolute Gasteiger partial charge is 0.481 e. The number of aliphatic carboxylic acids is 2. The molecule has 4 aromatic carbocycles. The summed E-state index contributed by atoms with van der Waals surface area (Å²) in [7, 11) is 0. The van der Waals surface area contributed by atoms with E-state index in [1.165, 1.54) is 22.3 Å². The van der Waals surface area contributed by atoms with Gasteiger partial charge in [0.1, 0.15) is 0 Å². The van der Waals surface area contributed by atoms with Crippen molar-refractivity contribution >= 4 is 11.9 Å². The topological polar surface area (TPSA) is 74.6 Å². The lowest BCUT2D eigenvalue weighted by Crippen LogP contribution is -2.28. The van der Waals surface area contributed by atoms with Crippen molar-refractivity contribution in [3.8, 4) is 11.1 Å². The van der Waals surface area contributed by atoms with Crippen LogP contribution in [0.1, 0.15) is 46.2 Å². The molecule has 1 aliphatic rings. The molecule has 4 heteroatoms. The van der Waals surface area contributed by atoms with E-state index in [0.29, 0.717) is 12.8 Å². The third-order valence-corrected chi connectivity index (χ3v) is 6.98. The standard InChI is InChI=1S/C31H26O4/c32-29(33)19-13-21-9-15-23(16-10-21)31(24-17-11-22(12-18-24)14-20-30(34)35)27-7-3-1-5-25(27)26-6-2-4-8-28(26)31/h1-12,15-18H,13-14,19-20H2,(H,32,33)(H,34,35). The van der Waals surface area contributed by atoms with Gasteiger partial charge in [-0.1, -0.05) is 97.1 Å². The zero-order chi connectivity index (χ0) is 24.4. The van der Waals surface area contributed by atoms with Gasteiger partial charge in [-0.15, -0.1) is 0 Å². The zero-order valence-electron chi connectivity index (χ0n) is 19.3. The molecule has 0 fully saturated rings. The Balaban J connectivity index is 1.68. The van der Waals surface area contributed by atoms with E-state index < -0.39 is 17.4 Å². The van der Waals surface area contributed by atoms with Gasteiger partial charge in [0.15, 0.2) is 0 Å². The number of carboxylic acids is 2. The normalized spacial score (nSPS) is 13.1. The molecule has 0 saturated heterocycles. The second-order valence-corrected chi connectivity index (χ2v) is 9.02. The molecule has 1 aliphatic carbocycles. The van der Waals surface area contributed by atoms with Gasteiger partial charge in [0.25, 0.3) is 0 Å². The summed E-state index contributed by atoms with van der Waals surface area (Å²) >= 11 is 0. The van der Waals surface area contributed by atoms with E-state index in [4.69, 9.17) is 10.2 Å². The minimum Gasteiger partial charge on any atom is -0.481 e. The van der Waals surface area contributed by atoms with Gasteiger partial charge in [0.2, 0.25) is 0 Å². The molecule has 0 amide bonds. The molecule has 0 saturated carbocycles. The van der Waals surface area contributed by atoms with Gasteiger partial charge < -0.3 is 10.2 Å². The van der Waals surface area contributed by atoms with Crippen LogP contribution < -0.4 is 0 Å². The van der Waals surface area contributed by atoms with Gasteiger partial charge in [0.05, 0.1) is 5.41 Å². The van der Waals surface area contributed by atoms with Gasteiger partial charge in [-0.3, -0.25) is 9.59 Å². The Bertz CT molecular complexity index is 1280. The second-order valence-electron chi connectivity index (χ2n) is 9.02. The maximum atomic E-state index is 11.0. The molecule has 35 heavy (non-hydrogen) atoms. The first kappa shape index (κ1) is 22.6. The molecule has 4 nitrogen and oxygen atoms in total. The van der Waals surface area contributed by atoms with Gasteiger partial charge in [-0.2, -0.15) is 0 Å². The molecule has 0 aliphatic heterocycles. The van der Waals surface area contributed by atoms with Crippen LogP contribution in [0, 0.1) is 0 Å². The van der Waals surface area contributed by atoms with E-state index in [0.717, 1.165) is 22.3 Å². The predicted octanol–water partition coefficient (Wildman–Crippen LogP) is 6.08. The first-order chi connectivity index (χ1) is 17.0. The highest BCUT2D eigenvalue weighted by atomic mass is 16.4. The third-order valence-electron chi connectivity index (χ3n) is 6.98. The summed E-state index contributed by atoms with van der Waals surface area (Å²) < 4.78 is 0. The molecule has 0 radical (unpaired) electrons. The predicted molar refractivity (Wildman–Crippen MR) is 136 cm³/mol. The van der Waals surface area contributed by atoms with Crippen LogP contribution in [0.4, 0.5) is 0 Å². The Morgan fingerprint density at radius 2 is 0.914 bits per heavy atom. The molecule has 4 aromatic rings. The Hall–Kier alpha value is -4.18. The van der Waals surface area contributed by atoms with Crippen molar-refractivity contribution in [1.82, 2.24) is 0 Å². The summed E-state index contributed by atoms with van der Waals surface area (Å²) in [5, 5.41) is 18.1.